The third kappa shape index (κ3) is 3.36. The molecular weight excluding hydrogens is 274 g/mol. The first kappa shape index (κ1) is 15.8. The van der Waals surface area contributed by atoms with Crippen molar-refractivity contribution in [1.82, 2.24) is 4.90 Å². The Morgan fingerprint density at radius 1 is 1.24 bits per heavy atom. The number of methoxy groups -OCH3 is 1. The molecule has 1 aliphatic heterocycles. The van der Waals surface area contributed by atoms with Gasteiger partial charge in [-0.2, -0.15) is 0 Å². The second-order valence-corrected chi connectivity index (χ2v) is 5.86. The number of aldehydes is 1. The molecule has 2 rings (SSSR count). The van der Waals surface area contributed by atoms with E-state index in [-0.39, 0.29) is 18.5 Å². The van der Waals surface area contributed by atoms with Gasteiger partial charge in [0.1, 0.15) is 12.3 Å². The minimum atomic E-state index is -0.593. The zero-order valence-electron chi connectivity index (χ0n) is 12.6. The van der Waals surface area contributed by atoms with Gasteiger partial charge in [-0.25, -0.2) is 9.59 Å². The van der Waals surface area contributed by atoms with Crippen LogP contribution in [-0.4, -0.2) is 49.6 Å². The number of ether oxygens (including phenoxy) is 2. The molecule has 4 atom stereocenters. The van der Waals surface area contributed by atoms with Crippen molar-refractivity contribution in [1.29, 1.82) is 0 Å². The first-order chi connectivity index (χ1) is 10.1. The molecule has 1 amide bonds. The van der Waals surface area contributed by atoms with Crippen LogP contribution >= 0.6 is 0 Å². The molecule has 0 unspecified atom stereocenters. The second kappa shape index (κ2) is 6.91. The lowest BCUT2D eigenvalue weighted by Crippen LogP contribution is -2.55. The first-order valence-corrected chi connectivity index (χ1v) is 7.57. The van der Waals surface area contributed by atoms with Gasteiger partial charge in [-0.05, 0) is 44.4 Å². The monoisotopic (exact) mass is 297 g/mol. The molecule has 1 saturated carbocycles. The Morgan fingerprint density at radius 2 is 2.00 bits per heavy atom. The van der Waals surface area contributed by atoms with Crippen LogP contribution in [0.25, 0.3) is 0 Å². The number of hydrogen-bond donors (Lipinski definition) is 0. The van der Waals surface area contributed by atoms with Gasteiger partial charge in [0.05, 0.1) is 13.7 Å². The van der Waals surface area contributed by atoms with Crippen LogP contribution in [0, 0.1) is 17.8 Å². The van der Waals surface area contributed by atoms with E-state index in [4.69, 9.17) is 9.47 Å². The number of rotatable bonds is 3. The Hall–Kier alpha value is -1.59. The smallest absolute Gasteiger partial charge is 0.410 e. The van der Waals surface area contributed by atoms with Crippen molar-refractivity contribution in [2.24, 2.45) is 17.8 Å². The second-order valence-electron chi connectivity index (χ2n) is 5.86. The molecule has 6 nitrogen and oxygen atoms in total. The number of esters is 1. The number of likely N-dealkylation sites (tertiary alicyclic amines) is 1. The summed E-state index contributed by atoms with van der Waals surface area (Å²) in [5.74, 6) is 0.337. The zero-order valence-corrected chi connectivity index (χ0v) is 12.6. The predicted octanol–water partition coefficient (Wildman–Crippen LogP) is 1.62. The van der Waals surface area contributed by atoms with Gasteiger partial charge in [0, 0.05) is 12.5 Å². The molecule has 2 fully saturated rings. The molecule has 0 aromatic rings. The minimum absolute atomic E-state index is 0.0822. The molecule has 0 spiro atoms. The summed E-state index contributed by atoms with van der Waals surface area (Å²) in [6, 6.07) is -0.593. The third-order valence-corrected chi connectivity index (χ3v) is 4.67. The van der Waals surface area contributed by atoms with E-state index in [1.165, 1.54) is 12.0 Å². The summed E-state index contributed by atoms with van der Waals surface area (Å²) in [5, 5.41) is 0. The quantitative estimate of drug-likeness (QED) is 0.584. The number of piperidine rings is 1. The summed E-state index contributed by atoms with van der Waals surface area (Å²) in [7, 11) is 1.32. The van der Waals surface area contributed by atoms with E-state index in [1.807, 2.05) is 0 Å². The summed E-state index contributed by atoms with van der Waals surface area (Å²) in [4.78, 5) is 36.5. The zero-order chi connectivity index (χ0) is 15.4. The van der Waals surface area contributed by atoms with E-state index < -0.39 is 12.1 Å². The highest BCUT2D eigenvalue weighted by molar-refractivity contribution is 5.81. The molecule has 0 N–H and O–H groups in total. The van der Waals surface area contributed by atoms with Crippen LogP contribution < -0.4 is 0 Å². The molecule has 118 valence electrons. The van der Waals surface area contributed by atoms with Gasteiger partial charge >= 0.3 is 12.1 Å². The topological polar surface area (TPSA) is 72.9 Å². The highest BCUT2D eigenvalue weighted by atomic mass is 16.6. The third-order valence-electron chi connectivity index (χ3n) is 4.67. The lowest BCUT2D eigenvalue weighted by molar-refractivity contribution is -0.152. The molecule has 0 aromatic heterocycles. The Kier molecular flexibility index (Phi) is 5.20. The van der Waals surface area contributed by atoms with E-state index in [1.54, 1.807) is 6.92 Å². The highest BCUT2D eigenvalue weighted by Crippen LogP contribution is 2.40. The van der Waals surface area contributed by atoms with Crippen LogP contribution in [0.4, 0.5) is 4.79 Å². The maximum atomic E-state index is 12.1. The molecule has 1 heterocycles. The molecule has 1 aliphatic carbocycles. The fraction of sp³-hybridized carbons (Fsp3) is 0.800. The van der Waals surface area contributed by atoms with Gasteiger partial charge in [0.2, 0.25) is 0 Å². The van der Waals surface area contributed by atoms with E-state index in [0.717, 1.165) is 25.5 Å². The predicted molar refractivity (Wildman–Crippen MR) is 74.5 cm³/mol. The summed E-state index contributed by atoms with van der Waals surface area (Å²) < 4.78 is 9.87. The molecule has 2 aliphatic rings. The molecule has 0 bridgehead atoms. The van der Waals surface area contributed by atoms with Crippen LogP contribution in [0.2, 0.25) is 0 Å². The molecular formula is C15H23NO5. The summed E-state index contributed by atoms with van der Waals surface area (Å²) in [5.41, 5.74) is 0. The van der Waals surface area contributed by atoms with Crippen molar-refractivity contribution in [3.63, 3.8) is 0 Å². The standard InChI is InChI=1S/C15H23NO5/c1-3-21-14(18)13-7-12-6-10(9-17)4-5-11(12)8-16(13)15(19)20-2/h9-13H,3-8H2,1-2H3/t10-,11-,12+,13-/m0/s1. The Labute approximate surface area is 124 Å². The fourth-order valence-electron chi connectivity index (χ4n) is 3.59. The van der Waals surface area contributed by atoms with Crippen molar-refractivity contribution < 1.29 is 23.9 Å². The summed E-state index contributed by atoms with van der Waals surface area (Å²) in [6.07, 6.45) is 3.68. The van der Waals surface area contributed by atoms with Crippen molar-refractivity contribution in [3.05, 3.63) is 0 Å². The van der Waals surface area contributed by atoms with Crippen LogP contribution in [0.15, 0.2) is 0 Å². The van der Waals surface area contributed by atoms with Gasteiger partial charge in [0.15, 0.2) is 0 Å². The van der Waals surface area contributed by atoms with Gasteiger partial charge in [-0.3, -0.25) is 4.90 Å². The molecule has 1 saturated heterocycles. The highest BCUT2D eigenvalue weighted by Gasteiger charge is 2.44. The number of amides is 1. The van der Waals surface area contributed by atoms with Gasteiger partial charge < -0.3 is 14.3 Å². The largest absolute Gasteiger partial charge is 0.464 e. The normalized spacial score (nSPS) is 32.0. The lowest BCUT2D eigenvalue weighted by atomic mass is 9.69. The fourth-order valence-corrected chi connectivity index (χ4v) is 3.59. The van der Waals surface area contributed by atoms with E-state index >= 15 is 0 Å². The number of nitrogens with zero attached hydrogens (tertiary/aromatic N) is 1. The number of carbonyl (C=O) groups excluding carboxylic acids is 3. The van der Waals surface area contributed by atoms with E-state index in [2.05, 4.69) is 0 Å². The average Bonchev–Trinajstić information content (AvgIpc) is 2.52. The lowest BCUT2D eigenvalue weighted by Gasteiger charge is -2.45. The van der Waals surface area contributed by atoms with Crippen molar-refractivity contribution in [2.75, 3.05) is 20.3 Å². The first-order valence-electron chi connectivity index (χ1n) is 7.57. The number of hydrogen-bond acceptors (Lipinski definition) is 5. The van der Waals surface area contributed by atoms with Crippen LogP contribution in [0.1, 0.15) is 32.6 Å². The van der Waals surface area contributed by atoms with Gasteiger partial charge in [-0.1, -0.05) is 0 Å². The molecule has 0 radical (unpaired) electrons. The average molecular weight is 297 g/mol. The Bertz CT molecular complexity index is 411. The summed E-state index contributed by atoms with van der Waals surface area (Å²) in [6.45, 7) is 2.54. The molecule has 0 aromatic carbocycles. The van der Waals surface area contributed by atoms with E-state index in [9.17, 15) is 14.4 Å². The van der Waals surface area contributed by atoms with Crippen molar-refractivity contribution in [3.8, 4) is 0 Å². The molecule has 21 heavy (non-hydrogen) atoms. The summed E-state index contributed by atoms with van der Waals surface area (Å²) >= 11 is 0. The maximum Gasteiger partial charge on any atom is 0.410 e. The van der Waals surface area contributed by atoms with E-state index in [0.29, 0.717) is 24.8 Å². The van der Waals surface area contributed by atoms with Crippen LogP contribution in [0.3, 0.4) is 0 Å². The Morgan fingerprint density at radius 3 is 2.62 bits per heavy atom. The number of fused-ring (bicyclic) bond motifs is 1. The van der Waals surface area contributed by atoms with Gasteiger partial charge in [0.25, 0.3) is 0 Å². The number of carbonyl (C=O) groups is 3. The van der Waals surface area contributed by atoms with Gasteiger partial charge in [-0.15, -0.1) is 0 Å². The Balaban J connectivity index is 2.13. The SMILES string of the molecule is CCOC(=O)[C@@H]1C[C@H]2C[C@@H](C=O)CC[C@H]2CN1C(=O)OC. The maximum absolute atomic E-state index is 12.1. The minimum Gasteiger partial charge on any atom is -0.464 e. The van der Waals surface area contributed by atoms with Crippen molar-refractivity contribution in [2.45, 2.75) is 38.6 Å². The van der Waals surface area contributed by atoms with Crippen LogP contribution in [0.5, 0.6) is 0 Å². The van der Waals surface area contributed by atoms with Crippen LogP contribution in [-0.2, 0) is 19.1 Å². The van der Waals surface area contributed by atoms with Crippen molar-refractivity contribution >= 4 is 18.3 Å². The molecule has 6 heteroatoms.